The van der Waals surface area contributed by atoms with Gasteiger partial charge >= 0.3 is 6.09 Å². The second-order valence-corrected chi connectivity index (χ2v) is 5.16. The van der Waals surface area contributed by atoms with Crippen LogP contribution in [0.5, 0.6) is 5.75 Å². The van der Waals surface area contributed by atoms with Gasteiger partial charge in [-0.1, -0.05) is 0 Å². The Morgan fingerprint density at radius 1 is 1.52 bits per heavy atom. The molecule has 0 bridgehead atoms. The van der Waals surface area contributed by atoms with Gasteiger partial charge in [0.1, 0.15) is 5.75 Å². The third kappa shape index (κ3) is 2.82. The number of aliphatic hydroxyl groups is 1. The Balaban J connectivity index is 2.51. The van der Waals surface area contributed by atoms with E-state index in [4.69, 9.17) is 15.2 Å². The first-order valence-electron chi connectivity index (χ1n) is 7.02. The number of ether oxygens (including phenoxy) is 2. The topological polar surface area (TPSA) is 85.0 Å². The molecule has 0 spiro atoms. The number of hydrogen-bond donors (Lipinski definition) is 2. The highest BCUT2D eigenvalue weighted by Gasteiger charge is 2.35. The lowest BCUT2D eigenvalue weighted by Gasteiger charge is -2.37. The van der Waals surface area contributed by atoms with E-state index in [0.29, 0.717) is 24.6 Å². The van der Waals surface area contributed by atoms with Crippen molar-refractivity contribution in [2.45, 2.75) is 19.9 Å². The Bertz CT molecular complexity index is 533. The van der Waals surface area contributed by atoms with Crippen LogP contribution in [0.1, 0.15) is 24.1 Å². The average Bonchev–Trinajstić information content (AvgIpc) is 2.48. The molecule has 0 saturated heterocycles. The summed E-state index contributed by atoms with van der Waals surface area (Å²) in [6.07, 6.45) is -0.435. The fourth-order valence-electron chi connectivity index (χ4n) is 2.67. The molecule has 6 heteroatoms. The van der Waals surface area contributed by atoms with E-state index in [2.05, 4.69) is 0 Å². The molecule has 1 aliphatic heterocycles. The van der Waals surface area contributed by atoms with E-state index in [1.54, 1.807) is 20.1 Å². The molecule has 2 rings (SSSR count). The Labute approximate surface area is 124 Å². The highest BCUT2D eigenvalue weighted by Crippen LogP contribution is 2.39. The lowest BCUT2D eigenvalue weighted by atomic mass is 9.87. The number of rotatable bonds is 3. The monoisotopic (exact) mass is 294 g/mol. The van der Waals surface area contributed by atoms with E-state index < -0.39 is 6.09 Å². The van der Waals surface area contributed by atoms with E-state index in [1.165, 1.54) is 4.90 Å². The molecule has 6 nitrogen and oxygen atoms in total. The van der Waals surface area contributed by atoms with Crippen molar-refractivity contribution in [2.75, 3.05) is 31.8 Å². The lowest BCUT2D eigenvalue weighted by molar-refractivity contribution is 0.151. The quantitative estimate of drug-likeness (QED) is 0.884. The van der Waals surface area contributed by atoms with E-state index >= 15 is 0 Å². The molecule has 21 heavy (non-hydrogen) atoms. The summed E-state index contributed by atoms with van der Waals surface area (Å²) in [6.45, 7) is 4.22. The number of aliphatic hydroxyl groups excluding tert-OH is 1. The van der Waals surface area contributed by atoms with Crippen LogP contribution in [0.25, 0.3) is 0 Å². The molecule has 0 unspecified atom stereocenters. The molecule has 0 fully saturated rings. The Morgan fingerprint density at radius 3 is 2.81 bits per heavy atom. The lowest BCUT2D eigenvalue weighted by Crippen LogP contribution is -2.45. The summed E-state index contributed by atoms with van der Waals surface area (Å²) in [4.78, 5) is 13.7. The van der Waals surface area contributed by atoms with Crippen molar-refractivity contribution in [1.29, 1.82) is 0 Å². The molecule has 0 saturated carbocycles. The number of nitrogens with zero attached hydrogens (tertiary/aromatic N) is 1. The normalized spacial score (nSPS) is 20.9. The van der Waals surface area contributed by atoms with Gasteiger partial charge in [-0.25, -0.2) is 4.79 Å². The molecule has 0 aliphatic carbocycles. The predicted molar refractivity (Wildman–Crippen MR) is 79.6 cm³/mol. The second-order valence-electron chi connectivity index (χ2n) is 5.16. The molecule has 1 aliphatic rings. The minimum absolute atomic E-state index is 0.0818. The van der Waals surface area contributed by atoms with E-state index in [9.17, 15) is 9.90 Å². The molecule has 2 atom stereocenters. The van der Waals surface area contributed by atoms with E-state index in [1.807, 2.05) is 13.0 Å². The molecule has 1 aromatic rings. The predicted octanol–water partition coefficient (Wildman–Crippen LogP) is 1.59. The second kappa shape index (κ2) is 6.32. The van der Waals surface area contributed by atoms with Gasteiger partial charge in [-0.3, -0.25) is 4.90 Å². The molecule has 0 aromatic heterocycles. The maximum absolute atomic E-state index is 12.2. The zero-order valence-corrected chi connectivity index (χ0v) is 12.6. The van der Waals surface area contributed by atoms with Crippen molar-refractivity contribution < 1.29 is 19.4 Å². The number of benzene rings is 1. The van der Waals surface area contributed by atoms with Crippen molar-refractivity contribution in [1.82, 2.24) is 0 Å². The van der Waals surface area contributed by atoms with Crippen LogP contribution in [0.15, 0.2) is 12.1 Å². The molecule has 3 N–H and O–H groups in total. The Kier molecular flexibility index (Phi) is 4.69. The van der Waals surface area contributed by atoms with E-state index in [-0.39, 0.29) is 18.6 Å². The maximum atomic E-state index is 12.2. The van der Waals surface area contributed by atoms with Gasteiger partial charge in [0.25, 0.3) is 0 Å². The van der Waals surface area contributed by atoms with E-state index in [0.717, 1.165) is 11.1 Å². The molecule has 1 amide bonds. The Morgan fingerprint density at radius 2 is 2.24 bits per heavy atom. The molecule has 1 heterocycles. The highest BCUT2D eigenvalue weighted by molar-refractivity contribution is 5.90. The van der Waals surface area contributed by atoms with Gasteiger partial charge < -0.3 is 20.3 Å². The summed E-state index contributed by atoms with van der Waals surface area (Å²) in [6, 6.07) is 3.39. The SMILES string of the molecule is CCOC(=O)N1C[C@@H](CO)[C@@H](N)c2cc(C)c(OC)cc21. The average molecular weight is 294 g/mol. The van der Waals surface area contributed by atoms with Crippen LogP contribution >= 0.6 is 0 Å². The van der Waals surface area contributed by atoms with Gasteiger partial charge in [0, 0.05) is 31.2 Å². The summed E-state index contributed by atoms with van der Waals surface area (Å²) < 4.78 is 10.4. The molecule has 1 aromatic carbocycles. The summed E-state index contributed by atoms with van der Waals surface area (Å²) in [5, 5.41) is 9.50. The number of hydrogen-bond acceptors (Lipinski definition) is 5. The van der Waals surface area contributed by atoms with Gasteiger partial charge in [-0.05, 0) is 31.0 Å². The minimum Gasteiger partial charge on any atom is -0.496 e. The molecule has 0 radical (unpaired) electrons. The summed E-state index contributed by atoms with van der Waals surface area (Å²) in [5.41, 5.74) is 8.67. The largest absolute Gasteiger partial charge is 0.496 e. The van der Waals surface area contributed by atoms with Crippen molar-refractivity contribution in [3.05, 3.63) is 23.3 Å². The fourth-order valence-corrected chi connectivity index (χ4v) is 2.67. The van der Waals surface area contributed by atoms with Crippen LogP contribution in [0.4, 0.5) is 10.5 Å². The molecule has 116 valence electrons. The third-order valence-electron chi connectivity index (χ3n) is 3.84. The van der Waals surface area contributed by atoms with Gasteiger partial charge in [-0.15, -0.1) is 0 Å². The first kappa shape index (κ1) is 15.6. The fraction of sp³-hybridized carbons (Fsp3) is 0.533. The number of carbonyl (C=O) groups excluding carboxylic acids is 1. The zero-order valence-electron chi connectivity index (χ0n) is 12.6. The van der Waals surface area contributed by atoms with Crippen molar-refractivity contribution in [3.8, 4) is 5.75 Å². The van der Waals surface area contributed by atoms with Crippen LogP contribution in [0.2, 0.25) is 0 Å². The third-order valence-corrected chi connectivity index (χ3v) is 3.84. The smallest absolute Gasteiger partial charge is 0.414 e. The zero-order chi connectivity index (χ0) is 15.6. The van der Waals surface area contributed by atoms with Gasteiger partial charge in [-0.2, -0.15) is 0 Å². The van der Waals surface area contributed by atoms with Crippen LogP contribution in [-0.2, 0) is 4.74 Å². The van der Waals surface area contributed by atoms with Crippen LogP contribution in [0, 0.1) is 12.8 Å². The van der Waals surface area contributed by atoms with Crippen molar-refractivity contribution >= 4 is 11.8 Å². The summed E-state index contributed by atoms with van der Waals surface area (Å²) in [5.74, 6) is 0.479. The first-order valence-corrected chi connectivity index (χ1v) is 7.02. The molecular formula is C15H22N2O4. The number of anilines is 1. The van der Waals surface area contributed by atoms with Gasteiger partial charge in [0.2, 0.25) is 0 Å². The number of methoxy groups -OCH3 is 1. The summed E-state index contributed by atoms with van der Waals surface area (Å²) >= 11 is 0. The number of aryl methyl sites for hydroxylation is 1. The molecular weight excluding hydrogens is 272 g/mol. The first-order chi connectivity index (χ1) is 10.0. The number of nitrogens with two attached hydrogens (primary N) is 1. The maximum Gasteiger partial charge on any atom is 0.414 e. The van der Waals surface area contributed by atoms with Gasteiger partial charge in [0.05, 0.1) is 19.4 Å². The van der Waals surface area contributed by atoms with Crippen LogP contribution < -0.4 is 15.4 Å². The minimum atomic E-state index is -0.435. The standard InChI is InChI=1S/C15H22N2O4/c1-4-21-15(19)17-7-10(8-18)14(16)11-5-9(2)13(20-3)6-12(11)17/h5-6,10,14,18H,4,7-8,16H2,1-3H3/t10-,14+/m0/s1. The van der Waals surface area contributed by atoms with Crippen molar-refractivity contribution in [3.63, 3.8) is 0 Å². The van der Waals surface area contributed by atoms with Crippen molar-refractivity contribution in [2.24, 2.45) is 11.7 Å². The number of amides is 1. The highest BCUT2D eigenvalue weighted by atomic mass is 16.6. The van der Waals surface area contributed by atoms with Crippen LogP contribution in [-0.4, -0.2) is 38.1 Å². The van der Waals surface area contributed by atoms with Gasteiger partial charge in [0.15, 0.2) is 0 Å². The number of fused-ring (bicyclic) bond motifs is 1. The number of carbonyl (C=O) groups is 1. The Hall–Kier alpha value is -1.79. The summed E-state index contributed by atoms with van der Waals surface area (Å²) in [7, 11) is 1.59. The van der Waals surface area contributed by atoms with Crippen LogP contribution in [0.3, 0.4) is 0 Å².